The number of amides is 1. The molecule has 6 N–H and O–H groups in total. The van der Waals surface area contributed by atoms with Crippen LogP contribution in [0.15, 0.2) is 21.8 Å². The fraction of sp³-hybridized carbons (Fsp3) is 0.704. The largest absolute Gasteiger partial charge is 0.490 e. The molecular weight excluding hydrogens is 857 g/mol. The van der Waals surface area contributed by atoms with Crippen molar-refractivity contribution in [2.45, 2.75) is 76.1 Å². The third-order valence-corrected chi connectivity index (χ3v) is 14.2. The fourth-order valence-corrected chi connectivity index (χ4v) is 10.2. The van der Waals surface area contributed by atoms with Crippen LogP contribution in [0.25, 0.3) is 0 Å². The van der Waals surface area contributed by atoms with Gasteiger partial charge in [-0.25, -0.2) is 13.7 Å². The van der Waals surface area contributed by atoms with E-state index in [1.807, 2.05) is 0 Å². The van der Waals surface area contributed by atoms with Crippen LogP contribution in [0.2, 0.25) is 0 Å². The standard InChI is InChI=1S/C27H43N4O16P3S4/c1-27(2,3)53-52-16-41-11-7-8-12-42-22(32)10-6-5-9-18-14-31(24-23(18)25(33)30-26(28)29-24)21-13-19(43-17-54(4)51)20(45-21)15-44-49(37,38)47-50(39,40)46-48(34,35)36/h14,19-21,23H,6-8,10-13,15-17H2,1-4H3,(H,37,38)(H,39,40)(H2,28,30,33)(H2,34,35,36)/t19-,20+,21+,23?,54?/m0/s1. The second kappa shape index (κ2) is 21.1. The molecule has 4 unspecified atom stereocenters. The summed E-state index contributed by atoms with van der Waals surface area (Å²) >= 11 is 5.19. The maximum absolute atomic E-state index is 13.0. The Labute approximate surface area is 327 Å². The van der Waals surface area contributed by atoms with Crippen LogP contribution >= 0.6 is 45.1 Å². The lowest BCUT2D eigenvalue weighted by molar-refractivity contribution is -0.143. The number of unbranched alkanes of at least 4 members (excludes halogenated alkanes) is 1. The number of esters is 1. The van der Waals surface area contributed by atoms with Crippen molar-refractivity contribution in [2.24, 2.45) is 21.6 Å². The Morgan fingerprint density at radius 2 is 1.85 bits per heavy atom. The van der Waals surface area contributed by atoms with Gasteiger partial charge in [0.15, 0.2) is 0 Å². The maximum atomic E-state index is 13.0. The van der Waals surface area contributed by atoms with E-state index in [9.17, 15) is 33.1 Å². The van der Waals surface area contributed by atoms with Crippen molar-refractivity contribution < 1.29 is 75.0 Å². The van der Waals surface area contributed by atoms with E-state index in [4.69, 9.17) is 50.2 Å². The average molecular weight is 901 g/mol. The van der Waals surface area contributed by atoms with E-state index < -0.39 is 75.8 Å². The number of ether oxygens (including phenoxy) is 4. The van der Waals surface area contributed by atoms with Gasteiger partial charge in [0.1, 0.15) is 30.0 Å². The van der Waals surface area contributed by atoms with E-state index in [0.717, 1.165) is 6.42 Å². The van der Waals surface area contributed by atoms with Crippen molar-refractivity contribution in [3.05, 3.63) is 11.8 Å². The molecule has 1 fully saturated rings. The second-order valence-electron chi connectivity index (χ2n) is 12.4. The molecule has 0 radical (unpaired) electrons. The van der Waals surface area contributed by atoms with Gasteiger partial charge in [0.05, 0.1) is 31.7 Å². The fourth-order valence-electron chi connectivity index (χ4n) is 4.64. The van der Waals surface area contributed by atoms with Gasteiger partial charge in [-0.05, 0) is 30.3 Å². The zero-order chi connectivity index (χ0) is 40.3. The zero-order valence-electron chi connectivity index (χ0n) is 29.5. The Balaban J connectivity index is 1.61. The van der Waals surface area contributed by atoms with Gasteiger partial charge in [-0.1, -0.05) is 63.7 Å². The number of nitrogens with two attached hydrogens (primary N) is 1. The van der Waals surface area contributed by atoms with E-state index in [-0.39, 0.29) is 53.9 Å². The van der Waals surface area contributed by atoms with Crippen molar-refractivity contribution >= 4 is 89.4 Å². The number of hydrogen-bond acceptors (Lipinski definition) is 18. The molecular formula is C27H43N4O16P3S4. The molecule has 0 aromatic rings. The van der Waals surface area contributed by atoms with Crippen LogP contribution in [-0.4, -0.2) is 109 Å². The number of fused-ring (bicyclic) bond motifs is 1. The third kappa shape index (κ3) is 17.2. The van der Waals surface area contributed by atoms with Crippen molar-refractivity contribution in [2.75, 3.05) is 38.0 Å². The average Bonchev–Trinajstić information content (AvgIpc) is 3.59. The zero-order valence-corrected chi connectivity index (χ0v) is 35.5. The number of amidine groups is 1. The van der Waals surface area contributed by atoms with Crippen molar-refractivity contribution in [3.8, 4) is 11.8 Å². The molecule has 0 saturated carbocycles. The van der Waals surface area contributed by atoms with Crippen LogP contribution in [-0.2, 0) is 76.0 Å². The van der Waals surface area contributed by atoms with Crippen LogP contribution in [0.3, 0.4) is 0 Å². The summed E-state index contributed by atoms with van der Waals surface area (Å²) < 4.78 is 70.3. The number of aliphatic imine (C=N–C) groups is 2. The molecule has 3 aliphatic rings. The number of hydrogen-bond donors (Lipinski definition) is 5. The Hall–Kier alpha value is -1.06. The monoisotopic (exact) mass is 900 g/mol. The highest BCUT2D eigenvalue weighted by Crippen LogP contribution is 2.66. The maximum Gasteiger partial charge on any atom is 0.490 e. The van der Waals surface area contributed by atoms with Gasteiger partial charge in [0.2, 0.25) is 5.96 Å². The normalized spacial score (nSPS) is 24.3. The SMILES string of the molecule is CS(=S)CO[C@H]1C[C@H](N2C=C(C#CCCC(=O)OCCCCOCSSC(C)(C)C)C3C(=O)N=C(N)N=C32)O[C@@H]1COP(=O)(O)OP(=O)(O)OP(=O)(O)O. The summed E-state index contributed by atoms with van der Waals surface area (Å²) in [6.07, 6.45) is 1.83. The number of phosphoric acid groups is 3. The van der Waals surface area contributed by atoms with E-state index in [1.165, 1.54) is 11.1 Å². The summed E-state index contributed by atoms with van der Waals surface area (Å²) in [5, 5.41) is 0. The quantitative estimate of drug-likeness (QED) is 0.0276. The van der Waals surface area contributed by atoms with E-state index >= 15 is 0 Å². The van der Waals surface area contributed by atoms with E-state index in [2.05, 4.69) is 51.2 Å². The summed E-state index contributed by atoms with van der Waals surface area (Å²) in [4.78, 5) is 71.6. The number of nitrogens with zero attached hydrogens (tertiary/aromatic N) is 3. The van der Waals surface area contributed by atoms with Crippen molar-refractivity contribution in [1.82, 2.24) is 4.90 Å². The molecule has 3 aliphatic heterocycles. The van der Waals surface area contributed by atoms with E-state index in [1.54, 1.807) is 27.8 Å². The lowest BCUT2D eigenvalue weighted by atomic mass is 10.00. The second-order valence-corrected chi connectivity index (χ2v) is 23.0. The highest BCUT2D eigenvalue weighted by molar-refractivity contribution is 8.77. The minimum absolute atomic E-state index is 0.00972. The van der Waals surface area contributed by atoms with Gasteiger partial charge in [-0.2, -0.15) is 18.6 Å². The molecule has 1 saturated heterocycles. The van der Waals surface area contributed by atoms with Gasteiger partial charge >= 0.3 is 29.4 Å². The number of carbonyl (C=O) groups is 2. The lowest BCUT2D eigenvalue weighted by Gasteiger charge is -2.27. The molecule has 7 atom stereocenters. The Bertz CT molecular complexity index is 1690. The van der Waals surface area contributed by atoms with Crippen LogP contribution in [0.1, 0.15) is 52.9 Å². The molecule has 0 aromatic carbocycles. The molecule has 0 aromatic heterocycles. The molecule has 3 heterocycles. The third-order valence-electron chi connectivity index (χ3n) is 6.64. The minimum Gasteiger partial charge on any atom is -0.466 e. The predicted molar refractivity (Wildman–Crippen MR) is 204 cm³/mol. The molecule has 0 bridgehead atoms. The van der Waals surface area contributed by atoms with Gasteiger partial charge < -0.3 is 49.2 Å². The summed E-state index contributed by atoms with van der Waals surface area (Å²) in [7, 11) is -14.1. The first-order valence-corrected chi connectivity index (χ1v) is 25.5. The summed E-state index contributed by atoms with van der Waals surface area (Å²) in [6.45, 7) is 6.40. The highest BCUT2D eigenvalue weighted by Gasteiger charge is 2.48. The van der Waals surface area contributed by atoms with Crippen molar-refractivity contribution in [1.29, 1.82) is 0 Å². The first kappa shape index (κ1) is 47.3. The predicted octanol–water partition coefficient (Wildman–Crippen LogP) is 2.83. The Kier molecular flexibility index (Phi) is 18.5. The number of carbonyl (C=O) groups excluding carboxylic acids is 2. The first-order chi connectivity index (χ1) is 25.0. The molecule has 54 heavy (non-hydrogen) atoms. The number of rotatable bonds is 21. The Morgan fingerprint density at radius 1 is 1.15 bits per heavy atom. The molecule has 3 rings (SSSR count). The number of phosphoric ester groups is 1. The van der Waals surface area contributed by atoms with Crippen molar-refractivity contribution in [3.63, 3.8) is 0 Å². The first-order valence-electron chi connectivity index (χ1n) is 15.9. The van der Waals surface area contributed by atoms with Crippen LogP contribution < -0.4 is 5.73 Å². The summed E-state index contributed by atoms with van der Waals surface area (Å²) in [6, 6.07) is 0. The topological polar surface area (TPSA) is 285 Å². The minimum atomic E-state index is -5.75. The van der Waals surface area contributed by atoms with Gasteiger partial charge in [0, 0.05) is 36.0 Å². The summed E-state index contributed by atoms with van der Waals surface area (Å²) in [5.74, 6) is 4.09. The van der Waals surface area contributed by atoms with Crippen LogP contribution in [0.4, 0.5) is 0 Å². The molecule has 1 amide bonds. The van der Waals surface area contributed by atoms with Gasteiger partial charge in [0.25, 0.3) is 5.91 Å². The van der Waals surface area contributed by atoms with Gasteiger partial charge in [-0.15, -0.1) is 0 Å². The number of guanidine groups is 1. The molecule has 20 nitrogen and oxygen atoms in total. The smallest absolute Gasteiger partial charge is 0.466 e. The Morgan fingerprint density at radius 3 is 2.52 bits per heavy atom. The summed E-state index contributed by atoms with van der Waals surface area (Å²) in [5.41, 5.74) is 6.07. The molecule has 0 spiro atoms. The van der Waals surface area contributed by atoms with Crippen LogP contribution in [0, 0.1) is 17.8 Å². The van der Waals surface area contributed by atoms with Crippen LogP contribution in [0.5, 0.6) is 0 Å². The molecule has 0 aliphatic carbocycles. The van der Waals surface area contributed by atoms with E-state index in [0.29, 0.717) is 19.0 Å². The molecule has 306 valence electrons. The highest BCUT2D eigenvalue weighted by atomic mass is 33.1. The van der Waals surface area contributed by atoms with Gasteiger partial charge in [-0.3, -0.25) is 14.1 Å². The lowest BCUT2D eigenvalue weighted by Crippen LogP contribution is -2.41. The molecule has 27 heteroatoms.